The quantitative estimate of drug-likeness (QED) is 0.227. The van der Waals surface area contributed by atoms with Crippen LogP contribution in [0.1, 0.15) is 62.3 Å². The van der Waals surface area contributed by atoms with Gasteiger partial charge >= 0.3 is 12.2 Å². The third-order valence-electron chi connectivity index (χ3n) is 6.56. The van der Waals surface area contributed by atoms with Crippen molar-refractivity contribution in [2.24, 2.45) is 11.7 Å². The highest BCUT2D eigenvalue weighted by Crippen LogP contribution is 2.33. The van der Waals surface area contributed by atoms with Gasteiger partial charge in [-0.2, -0.15) is 13.2 Å². The SMILES string of the molecule is CC(C)Nc1ncnc(NC(=O)C2CCCC2)c1C(N)c1ccc(NC(=O)Nc2cccc(C(F)(F)F)c2)cc1. The Morgan fingerprint density at radius 3 is 2.23 bits per heavy atom. The molecule has 1 aliphatic carbocycles. The molecule has 1 fully saturated rings. The Bertz CT molecular complexity index is 1340. The third kappa shape index (κ3) is 7.26. The van der Waals surface area contributed by atoms with Crippen molar-refractivity contribution in [1.29, 1.82) is 0 Å². The summed E-state index contributed by atoms with van der Waals surface area (Å²) in [4.78, 5) is 33.9. The number of nitrogens with one attached hydrogen (secondary N) is 4. The monoisotopic (exact) mass is 555 g/mol. The van der Waals surface area contributed by atoms with Gasteiger partial charge in [0.2, 0.25) is 5.91 Å². The highest BCUT2D eigenvalue weighted by molar-refractivity contribution is 5.99. The molecule has 0 saturated heterocycles. The minimum Gasteiger partial charge on any atom is -0.367 e. The first kappa shape index (κ1) is 28.8. The maximum atomic E-state index is 13.0. The average Bonchev–Trinajstić information content (AvgIpc) is 3.44. The van der Waals surface area contributed by atoms with Gasteiger partial charge in [-0.25, -0.2) is 14.8 Å². The summed E-state index contributed by atoms with van der Waals surface area (Å²) in [5.74, 6) is 0.687. The van der Waals surface area contributed by atoms with E-state index in [0.717, 1.165) is 37.8 Å². The summed E-state index contributed by atoms with van der Waals surface area (Å²) in [6.45, 7) is 3.91. The van der Waals surface area contributed by atoms with Gasteiger partial charge in [0.1, 0.15) is 18.0 Å². The molecule has 3 amide bonds. The average molecular weight is 556 g/mol. The predicted octanol–water partition coefficient (Wildman–Crippen LogP) is 6.14. The number of hydrogen-bond acceptors (Lipinski definition) is 6. The molecule has 0 aliphatic heterocycles. The highest BCUT2D eigenvalue weighted by atomic mass is 19.4. The normalized spacial score (nSPS) is 14.6. The maximum absolute atomic E-state index is 13.0. The van der Waals surface area contributed by atoms with Crippen LogP contribution in [0.2, 0.25) is 0 Å². The largest absolute Gasteiger partial charge is 0.416 e. The molecule has 1 saturated carbocycles. The molecule has 1 aliphatic rings. The number of benzene rings is 2. The fourth-order valence-corrected chi connectivity index (χ4v) is 4.59. The molecule has 0 spiro atoms. The molecule has 40 heavy (non-hydrogen) atoms. The van der Waals surface area contributed by atoms with E-state index in [-0.39, 0.29) is 23.6 Å². The van der Waals surface area contributed by atoms with Gasteiger partial charge < -0.3 is 27.0 Å². The second-order valence-electron chi connectivity index (χ2n) is 10.0. The zero-order chi connectivity index (χ0) is 28.9. The number of carbonyl (C=O) groups is 2. The number of aromatic nitrogens is 2. The Morgan fingerprint density at radius 1 is 0.925 bits per heavy atom. The van der Waals surface area contributed by atoms with Gasteiger partial charge in [-0.15, -0.1) is 0 Å². The molecule has 212 valence electrons. The molecule has 6 N–H and O–H groups in total. The van der Waals surface area contributed by atoms with Crippen LogP contribution in [0.4, 0.5) is 41.0 Å². The molecule has 4 rings (SSSR count). The molecule has 3 aromatic rings. The van der Waals surface area contributed by atoms with Crippen LogP contribution in [0.25, 0.3) is 0 Å². The van der Waals surface area contributed by atoms with Crippen LogP contribution in [-0.2, 0) is 11.0 Å². The van der Waals surface area contributed by atoms with E-state index in [1.807, 2.05) is 13.8 Å². The smallest absolute Gasteiger partial charge is 0.367 e. The fraction of sp³-hybridized carbons (Fsp3) is 0.357. The fourth-order valence-electron chi connectivity index (χ4n) is 4.59. The first-order chi connectivity index (χ1) is 19.0. The Labute approximate surface area is 230 Å². The third-order valence-corrected chi connectivity index (χ3v) is 6.56. The molecule has 12 heteroatoms. The van der Waals surface area contributed by atoms with Crippen molar-refractivity contribution < 1.29 is 22.8 Å². The number of urea groups is 1. The number of alkyl halides is 3. The van der Waals surface area contributed by atoms with Crippen LogP contribution in [0.15, 0.2) is 54.9 Å². The molecule has 1 atom stereocenters. The predicted molar refractivity (Wildman–Crippen MR) is 148 cm³/mol. The lowest BCUT2D eigenvalue weighted by Gasteiger charge is -2.22. The van der Waals surface area contributed by atoms with Gasteiger partial charge in [0, 0.05) is 23.3 Å². The van der Waals surface area contributed by atoms with Gasteiger partial charge in [-0.3, -0.25) is 4.79 Å². The molecule has 0 radical (unpaired) electrons. The lowest BCUT2D eigenvalue weighted by molar-refractivity contribution is -0.137. The number of nitrogens with two attached hydrogens (primary N) is 1. The van der Waals surface area contributed by atoms with E-state index < -0.39 is 23.8 Å². The van der Waals surface area contributed by atoms with E-state index in [4.69, 9.17) is 5.73 Å². The molecule has 9 nitrogen and oxygen atoms in total. The minimum absolute atomic E-state index is 0.00686. The highest BCUT2D eigenvalue weighted by Gasteiger charge is 2.30. The number of rotatable bonds is 8. The number of amides is 3. The molecular weight excluding hydrogens is 523 g/mol. The lowest BCUT2D eigenvalue weighted by atomic mass is 9.99. The number of halogens is 3. The topological polar surface area (TPSA) is 134 Å². The maximum Gasteiger partial charge on any atom is 0.416 e. The zero-order valence-electron chi connectivity index (χ0n) is 22.2. The zero-order valence-corrected chi connectivity index (χ0v) is 22.2. The molecular formula is C28H32F3N7O2. The summed E-state index contributed by atoms with van der Waals surface area (Å²) < 4.78 is 38.9. The van der Waals surface area contributed by atoms with Crippen molar-refractivity contribution >= 4 is 34.9 Å². The Balaban J connectivity index is 1.50. The van der Waals surface area contributed by atoms with Crippen LogP contribution in [-0.4, -0.2) is 27.9 Å². The van der Waals surface area contributed by atoms with Crippen molar-refractivity contribution in [3.63, 3.8) is 0 Å². The Morgan fingerprint density at radius 2 is 1.57 bits per heavy atom. The van der Waals surface area contributed by atoms with E-state index in [1.165, 1.54) is 18.5 Å². The van der Waals surface area contributed by atoms with Gasteiger partial charge in [-0.05, 0) is 62.6 Å². The van der Waals surface area contributed by atoms with E-state index in [1.54, 1.807) is 24.3 Å². The molecule has 1 heterocycles. The molecule has 2 aromatic carbocycles. The van der Waals surface area contributed by atoms with E-state index in [9.17, 15) is 22.8 Å². The van der Waals surface area contributed by atoms with Crippen LogP contribution >= 0.6 is 0 Å². The second kappa shape index (κ2) is 12.3. The molecule has 1 aromatic heterocycles. The molecule has 0 bridgehead atoms. The van der Waals surface area contributed by atoms with Crippen LogP contribution in [0.3, 0.4) is 0 Å². The summed E-state index contributed by atoms with van der Waals surface area (Å²) in [6.07, 6.45) is 0.577. The van der Waals surface area contributed by atoms with Crippen molar-refractivity contribution in [2.75, 3.05) is 21.3 Å². The van der Waals surface area contributed by atoms with E-state index in [0.29, 0.717) is 28.5 Å². The summed E-state index contributed by atoms with van der Waals surface area (Å²) in [6, 6.07) is 9.65. The summed E-state index contributed by atoms with van der Waals surface area (Å²) >= 11 is 0. The van der Waals surface area contributed by atoms with E-state index in [2.05, 4.69) is 31.2 Å². The summed E-state index contributed by atoms with van der Waals surface area (Å²) in [5, 5.41) is 11.2. The summed E-state index contributed by atoms with van der Waals surface area (Å²) in [7, 11) is 0. The van der Waals surface area contributed by atoms with Crippen LogP contribution < -0.4 is 27.0 Å². The van der Waals surface area contributed by atoms with Gasteiger partial charge in [0.25, 0.3) is 0 Å². The number of nitrogens with zero attached hydrogens (tertiary/aromatic N) is 2. The van der Waals surface area contributed by atoms with Gasteiger partial charge in [0.15, 0.2) is 0 Å². The first-order valence-electron chi connectivity index (χ1n) is 13.0. The summed E-state index contributed by atoms with van der Waals surface area (Å²) in [5.41, 5.74) is 7.41. The van der Waals surface area contributed by atoms with E-state index >= 15 is 0 Å². The van der Waals surface area contributed by atoms with Gasteiger partial charge in [-0.1, -0.05) is 31.0 Å². The Hall–Kier alpha value is -4.19. The molecule has 1 unspecified atom stereocenters. The van der Waals surface area contributed by atoms with Gasteiger partial charge in [0.05, 0.1) is 17.2 Å². The number of hydrogen-bond donors (Lipinski definition) is 5. The van der Waals surface area contributed by atoms with Crippen molar-refractivity contribution in [3.05, 3.63) is 71.5 Å². The van der Waals surface area contributed by atoms with Crippen molar-refractivity contribution in [2.45, 2.75) is 57.8 Å². The first-order valence-corrected chi connectivity index (χ1v) is 13.0. The minimum atomic E-state index is -4.52. The van der Waals surface area contributed by atoms with Crippen LogP contribution in [0.5, 0.6) is 0 Å². The number of carbonyl (C=O) groups excluding carboxylic acids is 2. The number of anilines is 4. The second-order valence-corrected chi connectivity index (χ2v) is 10.0. The lowest BCUT2D eigenvalue weighted by Crippen LogP contribution is -2.26. The van der Waals surface area contributed by atoms with Crippen molar-refractivity contribution in [1.82, 2.24) is 9.97 Å². The van der Waals surface area contributed by atoms with Crippen molar-refractivity contribution in [3.8, 4) is 0 Å². The van der Waals surface area contributed by atoms with Crippen LogP contribution in [0, 0.1) is 5.92 Å². The Kier molecular flexibility index (Phi) is 8.88. The standard InChI is InChI=1S/C28H32F3N7O2/c1-16(2)35-24-22(25(34-15-33-24)38-26(39)18-6-3-4-7-18)23(32)17-10-12-20(13-11-17)36-27(40)37-21-9-5-8-19(14-21)28(29,30)31/h5,8-16,18,23H,3-4,6-7,32H2,1-2H3,(H2,36,37,40)(H2,33,34,35,38,39).